The molecule has 0 N–H and O–H groups in total. The van der Waals surface area contributed by atoms with Crippen molar-refractivity contribution in [2.24, 2.45) is 0 Å². The molecule has 0 amide bonds. The Morgan fingerprint density at radius 1 is 1.10 bits per heavy atom. The van der Waals surface area contributed by atoms with Gasteiger partial charge in [0.15, 0.2) is 5.78 Å². The largest absolute Gasteiger partial charge is 0.289 e. The predicted molar refractivity (Wildman–Crippen MR) is 76.6 cm³/mol. The quantitative estimate of drug-likeness (QED) is 0.659. The standard InChI is InChI=1S/C16H9ClFNO/c17-14-7-10(5-6-15(14)18)16(20)13-9-19-8-11-3-1-2-4-12(11)13/h1-9H. The molecular weight excluding hydrogens is 277 g/mol. The molecular formula is C16H9ClFNO. The van der Waals surface area contributed by atoms with Gasteiger partial charge < -0.3 is 0 Å². The van der Waals surface area contributed by atoms with E-state index < -0.39 is 5.82 Å². The number of pyridine rings is 1. The van der Waals surface area contributed by atoms with Crippen LogP contribution in [0.4, 0.5) is 4.39 Å². The van der Waals surface area contributed by atoms with Gasteiger partial charge in [-0.2, -0.15) is 0 Å². The molecule has 0 atom stereocenters. The van der Waals surface area contributed by atoms with Crippen LogP contribution in [0.1, 0.15) is 15.9 Å². The van der Waals surface area contributed by atoms with Crippen molar-refractivity contribution in [3.8, 4) is 0 Å². The van der Waals surface area contributed by atoms with Crippen LogP contribution in [0, 0.1) is 5.82 Å². The third kappa shape index (κ3) is 2.17. The summed E-state index contributed by atoms with van der Waals surface area (Å²) in [5.41, 5.74) is 0.820. The van der Waals surface area contributed by atoms with E-state index in [4.69, 9.17) is 11.6 Å². The molecule has 1 heterocycles. The van der Waals surface area contributed by atoms with Crippen LogP contribution >= 0.6 is 11.6 Å². The van der Waals surface area contributed by atoms with Gasteiger partial charge in [-0.05, 0) is 23.6 Å². The number of carbonyl (C=O) groups excluding carboxylic acids is 1. The van der Waals surface area contributed by atoms with Gasteiger partial charge in [0.2, 0.25) is 0 Å². The van der Waals surface area contributed by atoms with Crippen molar-refractivity contribution >= 4 is 28.2 Å². The zero-order valence-electron chi connectivity index (χ0n) is 10.3. The van der Waals surface area contributed by atoms with Crippen molar-refractivity contribution < 1.29 is 9.18 Å². The lowest BCUT2D eigenvalue weighted by Crippen LogP contribution is -2.03. The fourth-order valence-corrected chi connectivity index (χ4v) is 2.27. The molecule has 3 aromatic rings. The van der Waals surface area contributed by atoms with Crippen LogP contribution in [0.25, 0.3) is 10.8 Å². The second-order valence-corrected chi connectivity index (χ2v) is 4.77. The smallest absolute Gasteiger partial charge is 0.195 e. The number of nitrogens with zero attached hydrogens (tertiary/aromatic N) is 1. The number of ketones is 1. The summed E-state index contributed by atoms with van der Waals surface area (Å²) < 4.78 is 13.2. The van der Waals surface area contributed by atoms with Crippen LogP contribution in [-0.2, 0) is 0 Å². The molecule has 0 saturated carbocycles. The monoisotopic (exact) mass is 285 g/mol. The molecule has 0 aliphatic heterocycles. The van der Waals surface area contributed by atoms with E-state index in [1.807, 2.05) is 24.3 Å². The minimum atomic E-state index is -0.542. The number of carbonyl (C=O) groups is 1. The number of rotatable bonds is 2. The first-order valence-electron chi connectivity index (χ1n) is 5.99. The van der Waals surface area contributed by atoms with Crippen molar-refractivity contribution in [1.82, 2.24) is 4.98 Å². The van der Waals surface area contributed by atoms with Gasteiger partial charge in [0.05, 0.1) is 5.02 Å². The molecule has 3 rings (SSSR count). The summed E-state index contributed by atoms with van der Waals surface area (Å²) in [6.07, 6.45) is 3.21. The summed E-state index contributed by atoms with van der Waals surface area (Å²) in [6, 6.07) is 11.4. The summed E-state index contributed by atoms with van der Waals surface area (Å²) in [6.45, 7) is 0. The van der Waals surface area contributed by atoms with Crippen molar-refractivity contribution in [3.63, 3.8) is 0 Å². The molecule has 98 valence electrons. The number of hydrogen-bond donors (Lipinski definition) is 0. The number of halogens is 2. The first kappa shape index (κ1) is 12.8. The van der Waals surface area contributed by atoms with Crippen molar-refractivity contribution in [2.45, 2.75) is 0 Å². The van der Waals surface area contributed by atoms with Crippen LogP contribution < -0.4 is 0 Å². The Bertz CT molecular complexity index is 811. The van der Waals surface area contributed by atoms with Crippen LogP contribution in [0.3, 0.4) is 0 Å². The van der Waals surface area contributed by atoms with Crippen molar-refractivity contribution in [2.75, 3.05) is 0 Å². The third-order valence-corrected chi connectivity index (χ3v) is 3.38. The highest BCUT2D eigenvalue weighted by Gasteiger charge is 2.14. The van der Waals surface area contributed by atoms with E-state index in [1.54, 1.807) is 6.20 Å². The Kier molecular flexibility index (Phi) is 3.20. The Morgan fingerprint density at radius 2 is 1.90 bits per heavy atom. The maximum atomic E-state index is 13.2. The van der Waals surface area contributed by atoms with Crippen LogP contribution in [0.15, 0.2) is 54.9 Å². The Morgan fingerprint density at radius 3 is 2.70 bits per heavy atom. The van der Waals surface area contributed by atoms with Gasteiger partial charge in [-0.25, -0.2) is 4.39 Å². The molecule has 0 aliphatic rings. The maximum absolute atomic E-state index is 13.2. The Balaban J connectivity index is 2.15. The highest BCUT2D eigenvalue weighted by molar-refractivity contribution is 6.31. The summed E-state index contributed by atoms with van der Waals surface area (Å²) >= 11 is 5.72. The Labute approximate surface area is 119 Å². The molecule has 0 saturated heterocycles. The molecule has 0 aliphatic carbocycles. The van der Waals surface area contributed by atoms with Crippen LogP contribution in [0.5, 0.6) is 0 Å². The Hall–Kier alpha value is -2.26. The first-order chi connectivity index (χ1) is 9.66. The van der Waals surface area contributed by atoms with E-state index >= 15 is 0 Å². The highest BCUT2D eigenvalue weighted by Crippen LogP contribution is 2.22. The van der Waals surface area contributed by atoms with E-state index in [0.717, 1.165) is 10.8 Å². The van der Waals surface area contributed by atoms with E-state index in [2.05, 4.69) is 4.98 Å². The fraction of sp³-hybridized carbons (Fsp3) is 0. The topological polar surface area (TPSA) is 30.0 Å². The lowest BCUT2D eigenvalue weighted by Gasteiger charge is -2.06. The van der Waals surface area contributed by atoms with Crippen LogP contribution in [-0.4, -0.2) is 10.8 Å². The predicted octanol–water partition coefficient (Wildman–Crippen LogP) is 4.26. The van der Waals surface area contributed by atoms with Gasteiger partial charge in [0.1, 0.15) is 5.82 Å². The maximum Gasteiger partial charge on any atom is 0.195 e. The van der Waals surface area contributed by atoms with E-state index in [0.29, 0.717) is 11.1 Å². The SMILES string of the molecule is O=C(c1ccc(F)c(Cl)c1)c1cncc2ccccc12. The molecule has 0 spiro atoms. The van der Waals surface area contributed by atoms with Gasteiger partial charge in [0, 0.05) is 28.9 Å². The number of benzene rings is 2. The van der Waals surface area contributed by atoms with E-state index in [-0.39, 0.29) is 10.8 Å². The zero-order valence-corrected chi connectivity index (χ0v) is 11.1. The molecule has 2 aromatic carbocycles. The van der Waals surface area contributed by atoms with Gasteiger partial charge in [-0.1, -0.05) is 35.9 Å². The second-order valence-electron chi connectivity index (χ2n) is 4.37. The summed E-state index contributed by atoms with van der Waals surface area (Å²) in [5, 5.41) is 1.63. The van der Waals surface area contributed by atoms with Gasteiger partial charge in [-0.15, -0.1) is 0 Å². The molecule has 0 fully saturated rings. The van der Waals surface area contributed by atoms with Gasteiger partial charge in [0.25, 0.3) is 0 Å². The number of fused-ring (bicyclic) bond motifs is 1. The molecule has 20 heavy (non-hydrogen) atoms. The number of hydrogen-bond acceptors (Lipinski definition) is 2. The summed E-state index contributed by atoms with van der Waals surface area (Å²) in [7, 11) is 0. The van der Waals surface area contributed by atoms with Crippen molar-refractivity contribution in [3.05, 3.63) is 76.8 Å². The highest BCUT2D eigenvalue weighted by atomic mass is 35.5. The molecule has 1 aromatic heterocycles. The van der Waals surface area contributed by atoms with Crippen molar-refractivity contribution in [1.29, 1.82) is 0 Å². The fourth-order valence-electron chi connectivity index (χ4n) is 2.09. The molecule has 0 bridgehead atoms. The summed E-state index contributed by atoms with van der Waals surface area (Å²) in [4.78, 5) is 16.6. The average molecular weight is 286 g/mol. The molecule has 4 heteroatoms. The zero-order chi connectivity index (χ0) is 14.1. The number of aromatic nitrogens is 1. The van der Waals surface area contributed by atoms with Crippen LogP contribution in [0.2, 0.25) is 5.02 Å². The van der Waals surface area contributed by atoms with E-state index in [1.165, 1.54) is 24.4 Å². The summed E-state index contributed by atoms with van der Waals surface area (Å²) in [5.74, 6) is -0.768. The minimum Gasteiger partial charge on any atom is -0.289 e. The lowest BCUT2D eigenvalue weighted by molar-refractivity contribution is 0.104. The average Bonchev–Trinajstić information content (AvgIpc) is 2.49. The first-order valence-corrected chi connectivity index (χ1v) is 6.37. The second kappa shape index (κ2) is 5.02. The third-order valence-electron chi connectivity index (χ3n) is 3.09. The molecule has 2 nitrogen and oxygen atoms in total. The normalized spacial score (nSPS) is 10.7. The van der Waals surface area contributed by atoms with Gasteiger partial charge in [-0.3, -0.25) is 9.78 Å². The minimum absolute atomic E-state index is 0.0657. The lowest BCUT2D eigenvalue weighted by atomic mass is 10.00. The van der Waals surface area contributed by atoms with Gasteiger partial charge >= 0.3 is 0 Å². The molecule has 0 radical (unpaired) electrons. The van der Waals surface area contributed by atoms with E-state index in [9.17, 15) is 9.18 Å². The molecule has 0 unspecified atom stereocenters.